The molecule has 0 amide bonds. The zero-order valence-corrected chi connectivity index (χ0v) is 9.38. The first-order chi connectivity index (χ1) is 9.00. The summed E-state index contributed by atoms with van der Waals surface area (Å²) in [4.78, 5) is 8.79. The van der Waals surface area contributed by atoms with Crippen molar-refractivity contribution in [3.63, 3.8) is 0 Å². The Morgan fingerprint density at radius 3 is 1.06 bits per heavy atom. The van der Waals surface area contributed by atoms with E-state index < -0.39 is 0 Å². The SMILES string of the molecule is C1=CC=CC=COOOOOOC=CC=CC=C1. The monoisotopic (exact) mass is 252 g/mol. The van der Waals surface area contributed by atoms with Crippen LogP contribution in [0.25, 0.3) is 0 Å². The molecule has 0 radical (unpaired) electrons. The lowest BCUT2D eigenvalue weighted by Gasteiger charge is -1.96. The third-order valence-electron chi connectivity index (χ3n) is 1.43. The summed E-state index contributed by atoms with van der Waals surface area (Å²) in [6.07, 6.45) is 20.2. The molecule has 0 aromatic heterocycles. The van der Waals surface area contributed by atoms with E-state index in [-0.39, 0.29) is 0 Å². The van der Waals surface area contributed by atoms with E-state index in [2.05, 4.69) is 29.9 Å². The van der Waals surface area contributed by atoms with Crippen LogP contribution >= 0.6 is 0 Å². The molecule has 18 heavy (non-hydrogen) atoms. The predicted octanol–water partition coefficient (Wildman–Crippen LogP) is 2.93. The highest BCUT2D eigenvalue weighted by molar-refractivity contribution is 5.18. The molecular weight excluding hydrogens is 240 g/mol. The van der Waals surface area contributed by atoms with Crippen molar-refractivity contribution in [2.45, 2.75) is 0 Å². The Kier molecular flexibility index (Phi) is 8.81. The molecule has 1 heterocycles. The van der Waals surface area contributed by atoms with E-state index >= 15 is 0 Å². The van der Waals surface area contributed by atoms with Crippen molar-refractivity contribution in [3.8, 4) is 0 Å². The van der Waals surface area contributed by atoms with Gasteiger partial charge in [-0.05, 0) is 12.2 Å². The molecule has 0 aromatic rings. The normalized spacial score (nSPS) is 17.8. The molecule has 1 aliphatic rings. The Bertz CT molecular complexity index is 329. The van der Waals surface area contributed by atoms with Crippen molar-refractivity contribution in [1.82, 2.24) is 0 Å². The van der Waals surface area contributed by atoms with E-state index in [1.54, 1.807) is 24.3 Å². The molecule has 1 rings (SSSR count). The third kappa shape index (κ3) is 9.13. The highest BCUT2D eigenvalue weighted by Crippen LogP contribution is 1.91. The Hall–Kier alpha value is -2.12. The van der Waals surface area contributed by atoms with Crippen molar-refractivity contribution in [2.75, 3.05) is 0 Å². The van der Waals surface area contributed by atoms with Gasteiger partial charge in [-0.25, -0.2) is 0 Å². The van der Waals surface area contributed by atoms with Crippen molar-refractivity contribution in [2.24, 2.45) is 0 Å². The fraction of sp³-hybridized carbons (Fsp3) is 0. The first-order valence-electron chi connectivity index (χ1n) is 4.97. The molecule has 0 N–H and O–H groups in total. The zero-order chi connectivity index (χ0) is 12.7. The second kappa shape index (κ2) is 11.4. The first kappa shape index (κ1) is 13.9. The minimum atomic E-state index is 1.23. The van der Waals surface area contributed by atoms with Crippen LogP contribution in [-0.4, -0.2) is 0 Å². The minimum absolute atomic E-state index is 1.23. The second-order valence-electron chi connectivity index (χ2n) is 2.66. The minimum Gasteiger partial charge on any atom is -0.314 e. The first-order valence-corrected chi connectivity index (χ1v) is 4.97. The molecule has 0 spiro atoms. The lowest BCUT2D eigenvalue weighted by molar-refractivity contribution is -0.746. The quantitative estimate of drug-likeness (QED) is 0.618. The van der Waals surface area contributed by atoms with Gasteiger partial charge in [-0.2, -0.15) is 0 Å². The summed E-state index contributed by atoms with van der Waals surface area (Å²) in [5.74, 6) is 0. The lowest BCUT2D eigenvalue weighted by atomic mass is 10.4. The van der Waals surface area contributed by atoms with Gasteiger partial charge in [0.15, 0.2) is 0 Å². The Morgan fingerprint density at radius 2 is 0.667 bits per heavy atom. The van der Waals surface area contributed by atoms with Gasteiger partial charge in [-0.15, -0.1) is 0 Å². The molecule has 6 nitrogen and oxygen atoms in total. The average Bonchev–Trinajstić information content (AvgIpc) is 2.39. The zero-order valence-electron chi connectivity index (χ0n) is 9.38. The molecule has 0 aliphatic carbocycles. The number of allylic oxidation sites excluding steroid dienone is 10. The van der Waals surface area contributed by atoms with Crippen LogP contribution in [0.1, 0.15) is 0 Å². The van der Waals surface area contributed by atoms with Gasteiger partial charge >= 0.3 is 0 Å². The largest absolute Gasteiger partial charge is 0.314 e. The number of hydrogen-bond acceptors (Lipinski definition) is 6. The molecular formula is C12H12O6. The highest BCUT2D eigenvalue weighted by atomic mass is 17.8. The maximum atomic E-state index is 4.40. The van der Waals surface area contributed by atoms with Gasteiger partial charge in [0.1, 0.15) is 12.5 Å². The molecule has 6 heteroatoms. The molecule has 0 saturated heterocycles. The van der Waals surface area contributed by atoms with Crippen LogP contribution in [0.5, 0.6) is 0 Å². The second-order valence-corrected chi connectivity index (χ2v) is 2.66. The number of rotatable bonds is 0. The third-order valence-corrected chi connectivity index (χ3v) is 1.43. The van der Waals surface area contributed by atoms with Crippen molar-refractivity contribution < 1.29 is 29.9 Å². The summed E-state index contributed by atoms with van der Waals surface area (Å²) in [7, 11) is 0. The number of hydrogen-bond donors (Lipinski definition) is 0. The maximum Gasteiger partial charge on any atom is 0.132 e. The van der Waals surface area contributed by atoms with Crippen LogP contribution < -0.4 is 0 Å². The Labute approximate surface area is 104 Å². The maximum absolute atomic E-state index is 4.40. The summed E-state index contributed by atoms with van der Waals surface area (Å²) in [5.41, 5.74) is 0. The van der Waals surface area contributed by atoms with Crippen LogP contribution in [0, 0.1) is 0 Å². The van der Waals surface area contributed by atoms with Gasteiger partial charge in [0.2, 0.25) is 0 Å². The topological polar surface area (TPSA) is 55.4 Å². The molecule has 0 aromatic carbocycles. The molecule has 0 unspecified atom stereocenters. The van der Waals surface area contributed by atoms with Crippen molar-refractivity contribution >= 4 is 0 Å². The van der Waals surface area contributed by atoms with Gasteiger partial charge in [0, 0.05) is 20.2 Å². The predicted molar refractivity (Wildman–Crippen MR) is 61.4 cm³/mol. The van der Waals surface area contributed by atoms with Crippen LogP contribution in [0.3, 0.4) is 0 Å². The van der Waals surface area contributed by atoms with Crippen LogP contribution in [0.15, 0.2) is 73.3 Å². The average molecular weight is 252 g/mol. The molecule has 1 aliphatic heterocycles. The van der Waals surface area contributed by atoms with E-state index in [9.17, 15) is 0 Å². The highest BCUT2D eigenvalue weighted by Gasteiger charge is 1.88. The van der Waals surface area contributed by atoms with E-state index in [4.69, 9.17) is 0 Å². The molecule has 0 fully saturated rings. The summed E-state index contributed by atoms with van der Waals surface area (Å²) < 4.78 is 0. The van der Waals surface area contributed by atoms with E-state index in [1.165, 1.54) is 12.5 Å². The Morgan fingerprint density at radius 1 is 0.333 bits per heavy atom. The molecule has 0 atom stereocenters. The van der Waals surface area contributed by atoms with Crippen molar-refractivity contribution in [3.05, 3.63) is 73.3 Å². The van der Waals surface area contributed by atoms with E-state index in [1.807, 2.05) is 36.5 Å². The fourth-order valence-electron chi connectivity index (χ4n) is 0.768. The van der Waals surface area contributed by atoms with Gasteiger partial charge in [0.05, 0.1) is 0 Å². The summed E-state index contributed by atoms with van der Waals surface area (Å²) >= 11 is 0. The van der Waals surface area contributed by atoms with Gasteiger partial charge in [-0.3, -0.25) is 0 Å². The summed E-state index contributed by atoms with van der Waals surface area (Å²) in [6.45, 7) is 0. The fourth-order valence-corrected chi connectivity index (χ4v) is 0.768. The van der Waals surface area contributed by atoms with Crippen LogP contribution in [0.4, 0.5) is 0 Å². The smallest absolute Gasteiger partial charge is 0.132 e. The lowest BCUT2D eigenvalue weighted by Crippen LogP contribution is -1.95. The summed E-state index contributed by atoms with van der Waals surface area (Å²) in [6, 6.07) is 0. The van der Waals surface area contributed by atoms with E-state index in [0.29, 0.717) is 0 Å². The molecule has 0 bridgehead atoms. The standard InChI is InChI=1S/C12H12O6/c1-2-4-6-8-10-12-14-16-18-17-15-13-11-9-7-5-3-1/h1-12H. The van der Waals surface area contributed by atoms with Gasteiger partial charge < -0.3 is 9.78 Å². The van der Waals surface area contributed by atoms with E-state index in [0.717, 1.165) is 0 Å². The van der Waals surface area contributed by atoms with Crippen LogP contribution in [-0.2, 0) is 29.9 Å². The molecule has 0 saturated carbocycles. The van der Waals surface area contributed by atoms with Crippen molar-refractivity contribution in [1.29, 1.82) is 0 Å². The van der Waals surface area contributed by atoms with Gasteiger partial charge in [-0.1, -0.05) is 48.6 Å². The Balaban J connectivity index is 2.42. The summed E-state index contributed by atoms with van der Waals surface area (Å²) in [5, 5.41) is 16.0. The van der Waals surface area contributed by atoms with Gasteiger partial charge in [0.25, 0.3) is 0 Å². The van der Waals surface area contributed by atoms with Crippen LogP contribution in [0.2, 0.25) is 0 Å². The molecule has 96 valence electrons.